The van der Waals surface area contributed by atoms with Crippen molar-refractivity contribution in [2.45, 2.75) is 51.7 Å². The van der Waals surface area contributed by atoms with E-state index in [0.717, 1.165) is 55.0 Å². The van der Waals surface area contributed by atoms with E-state index in [1.807, 2.05) is 30.9 Å². The Kier molecular flexibility index (Phi) is 4.78. The number of nitrogens with two attached hydrogens (primary N) is 1. The zero-order valence-corrected chi connectivity index (χ0v) is 15.9. The first kappa shape index (κ1) is 17.9. The van der Waals surface area contributed by atoms with Crippen LogP contribution in [0.2, 0.25) is 0 Å². The second kappa shape index (κ2) is 7.23. The van der Waals surface area contributed by atoms with Gasteiger partial charge in [0.1, 0.15) is 5.82 Å². The fourth-order valence-corrected chi connectivity index (χ4v) is 3.57. The molecule has 142 valence electrons. The molecule has 4 rings (SSSR count). The van der Waals surface area contributed by atoms with Crippen molar-refractivity contribution in [1.82, 2.24) is 19.9 Å². The molecular formula is C20H26N6O. The standard InChI is InChI=1S/C20H26N6O/c1-13-14(2)23-18(24-19(13)25-9-7-16(21)12-25)20(27)26(17-5-6-17)11-15-4-3-8-22-10-15/h3-4,8,10,16-17H,5-7,9,11-12,21H2,1-2H3/t16-/m1/s1. The van der Waals surface area contributed by atoms with E-state index >= 15 is 0 Å². The van der Waals surface area contributed by atoms with Gasteiger partial charge in [0.05, 0.1) is 0 Å². The Balaban J connectivity index is 1.62. The van der Waals surface area contributed by atoms with Crippen molar-refractivity contribution in [2.24, 2.45) is 5.73 Å². The molecule has 2 N–H and O–H groups in total. The highest BCUT2D eigenvalue weighted by molar-refractivity contribution is 5.91. The van der Waals surface area contributed by atoms with Gasteiger partial charge >= 0.3 is 0 Å². The summed E-state index contributed by atoms with van der Waals surface area (Å²) in [6.07, 6.45) is 6.56. The van der Waals surface area contributed by atoms with Crippen LogP contribution in [-0.4, -0.2) is 50.9 Å². The van der Waals surface area contributed by atoms with Crippen molar-refractivity contribution in [2.75, 3.05) is 18.0 Å². The van der Waals surface area contributed by atoms with Gasteiger partial charge in [0.15, 0.2) is 0 Å². The van der Waals surface area contributed by atoms with Gasteiger partial charge in [-0.1, -0.05) is 6.07 Å². The minimum Gasteiger partial charge on any atom is -0.355 e. The van der Waals surface area contributed by atoms with Crippen LogP contribution in [0.1, 0.15) is 46.7 Å². The number of anilines is 1. The lowest BCUT2D eigenvalue weighted by molar-refractivity contribution is 0.0717. The van der Waals surface area contributed by atoms with Crippen LogP contribution in [0.25, 0.3) is 0 Å². The first-order valence-corrected chi connectivity index (χ1v) is 9.58. The zero-order chi connectivity index (χ0) is 19.0. The Morgan fingerprint density at radius 1 is 1.30 bits per heavy atom. The molecule has 0 unspecified atom stereocenters. The summed E-state index contributed by atoms with van der Waals surface area (Å²) < 4.78 is 0. The highest BCUT2D eigenvalue weighted by Gasteiger charge is 2.35. The first-order valence-electron chi connectivity index (χ1n) is 9.58. The highest BCUT2D eigenvalue weighted by Crippen LogP contribution is 2.30. The number of nitrogens with zero attached hydrogens (tertiary/aromatic N) is 5. The summed E-state index contributed by atoms with van der Waals surface area (Å²) in [5.74, 6) is 1.02. The SMILES string of the molecule is Cc1nc(C(=O)N(Cc2cccnc2)C2CC2)nc(N2CC[C@@H](N)C2)c1C. The molecule has 2 aliphatic rings. The summed E-state index contributed by atoms with van der Waals surface area (Å²) >= 11 is 0. The molecule has 1 saturated carbocycles. The summed E-state index contributed by atoms with van der Waals surface area (Å²) in [5.41, 5.74) is 8.95. The van der Waals surface area contributed by atoms with Gasteiger partial charge in [-0.3, -0.25) is 9.78 Å². The van der Waals surface area contributed by atoms with E-state index in [1.54, 1.807) is 12.4 Å². The van der Waals surface area contributed by atoms with E-state index in [-0.39, 0.29) is 23.8 Å². The maximum Gasteiger partial charge on any atom is 0.292 e. The number of hydrogen-bond acceptors (Lipinski definition) is 6. The topological polar surface area (TPSA) is 88.2 Å². The van der Waals surface area contributed by atoms with Crippen LogP contribution in [-0.2, 0) is 6.54 Å². The summed E-state index contributed by atoms with van der Waals surface area (Å²) in [6.45, 7) is 6.13. The highest BCUT2D eigenvalue weighted by atomic mass is 16.2. The van der Waals surface area contributed by atoms with Crippen LogP contribution in [0, 0.1) is 13.8 Å². The van der Waals surface area contributed by atoms with Crippen molar-refractivity contribution >= 4 is 11.7 Å². The van der Waals surface area contributed by atoms with Gasteiger partial charge < -0.3 is 15.5 Å². The summed E-state index contributed by atoms with van der Waals surface area (Å²) in [6, 6.07) is 4.32. The van der Waals surface area contributed by atoms with Gasteiger partial charge in [0.2, 0.25) is 5.82 Å². The molecule has 0 radical (unpaired) electrons. The molecule has 1 aliphatic heterocycles. The summed E-state index contributed by atoms with van der Waals surface area (Å²) in [5, 5.41) is 0. The maximum absolute atomic E-state index is 13.3. The fraction of sp³-hybridized carbons (Fsp3) is 0.500. The van der Waals surface area contributed by atoms with Crippen LogP contribution in [0.15, 0.2) is 24.5 Å². The number of hydrogen-bond donors (Lipinski definition) is 1. The van der Waals surface area contributed by atoms with E-state index in [9.17, 15) is 4.79 Å². The lowest BCUT2D eigenvalue weighted by Gasteiger charge is -2.24. The lowest BCUT2D eigenvalue weighted by atomic mass is 10.2. The number of aryl methyl sites for hydroxylation is 1. The molecule has 0 spiro atoms. The summed E-state index contributed by atoms with van der Waals surface area (Å²) in [7, 11) is 0. The molecule has 7 nitrogen and oxygen atoms in total. The predicted octanol–water partition coefficient (Wildman–Crippen LogP) is 1.83. The third-order valence-electron chi connectivity index (χ3n) is 5.40. The molecule has 7 heteroatoms. The quantitative estimate of drug-likeness (QED) is 0.868. The molecule has 1 saturated heterocycles. The van der Waals surface area contributed by atoms with E-state index < -0.39 is 0 Å². The molecule has 1 amide bonds. The number of rotatable bonds is 5. The predicted molar refractivity (Wildman–Crippen MR) is 103 cm³/mol. The van der Waals surface area contributed by atoms with Gasteiger partial charge in [-0.05, 0) is 44.7 Å². The van der Waals surface area contributed by atoms with Crippen molar-refractivity contribution in [3.8, 4) is 0 Å². The number of amides is 1. The molecule has 2 aromatic rings. The Bertz CT molecular complexity index is 836. The van der Waals surface area contributed by atoms with Crippen LogP contribution in [0.5, 0.6) is 0 Å². The van der Waals surface area contributed by atoms with E-state index in [0.29, 0.717) is 6.54 Å². The minimum absolute atomic E-state index is 0.103. The van der Waals surface area contributed by atoms with E-state index in [2.05, 4.69) is 19.9 Å². The van der Waals surface area contributed by atoms with Gasteiger partial charge in [0.25, 0.3) is 5.91 Å². The number of carbonyl (C=O) groups excluding carboxylic acids is 1. The fourth-order valence-electron chi connectivity index (χ4n) is 3.57. The third-order valence-corrected chi connectivity index (χ3v) is 5.40. The Morgan fingerprint density at radius 2 is 2.11 bits per heavy atom. The Labute approximate surface area is 159 Å². The molecule has 1 aliphatic carbocycles. The van der Waals surface area contributed by atoms with Gasteiger partial charge in [0, 0.05) is 55.4 Å². The Morgan fingerprint density at radius 3 is 2.74 bits per heavy atom. The molecule has 0 aromatic carbocycles. The molecular weight excluding hydrogens is 340 g/mol. The van der Waals surface area contributed by atoms with Gasteiger partial charge in [-0.2, -0.15) is 0 Å². The van der Waals surface area contributed by atoms with Crippen molar-refractivity contribution < 1.29 is 4.79 Å². The van der Waals surface area contributed by atoms with Gasteiger partial charge in [-0.25, -0.2) is 9.97 Å². The minimum atomic E-state index is -0.103. The van der Waals surface area contributed by atoms with Crippen LogP contribution < -0.4 is 10.6 Å². The number of aromatic nitrogens is 3. The molecule has 2 aromatic heterocycles. The normalized spacial score (nSPS) is 19.4. The van der Waals surface area contributed by atoms with E-state index in [4.69, 9.17) is 5.73 Å². The third kappa shape index (κ3) is 3.78. The molecule has 27 heavy (non-hydrogen) atoms. The van der Waals surface area contributed by atoms with Crippen LogP contribution in [0.3, 0.4) is 0 Å². The van der Waals surface area contributed by atoms with Crippen LogP contribution in [0.4, 0.5) is 5.82 Å². The van der Waals surface area contributed by atoms with Crippen molar-refractivity contribution in [3.05, 3.63) is 47.2 Å². The largest absolute Gasteiger partial charge is 0.355 e. The monoisotopic (exact) mass is 366 g/mol. The average molecular weight is 366 g/mol. The molecule has 1 atom stereocenters. The van der Waals surface area contributed by atoms with E-state index in [1.165, 1.54) is 0 Å². The molecule has 3 heterocycles. The Hall–Kier alpha value is -2.54. The van der Waals surface area contributed by atoms with Crippen LogP contribution >= 0.6 is 0 Å². The molecule has 2 fully saturated rings. The second-order valence-electron chi connectivity index (χ2n) is 7.60. The molecule has 0 bridgehead atoms. The maximum atomic E-state index is 13.3. The average Bonchev–Trinajstić information content (AvgIpc) is 3.42. The lowest BCUT2D eigenvalue weighted by Crippen LogP contribution is -2.35. The first-order chi connectivity index (χ1) is 13.0. The number of pyridine rings is 1. The van der Waals surface area contributed by atoms with Gasteiger partial charge in [-0.15, -0.1) is 0 Å². The zero-order valence-electron chi connectivity index (χ0n) is 15.9. The van der Waals surface area contributed by atoms with Crippen molar-refractivity contribution in [3.63, 3.8) is 0 Å². The second-order valence-corrected chi connectivity index (χ2v) is 7.60. The van der Waals surface area contributed by atoms with Crippen molar-refractivity contribution in [1.29, 1.82) is 0 Å². The summed E-state index contributed by atoms with van der Waals surface area (Å²) in [4.78, 5) is 30.7. The number of carbonyl (C=O) groups is 1. The smallest absolute Gasteiger partial charge is 0.292 e.